The number of benzene rings is 1. The maximum absolute atomic E-state index is 13.1. The first kappa shape index (κ1) is 16.8. The SMILES string of the molecule is CC(C)(CCCCOc1cc(F)ccc1Br)/C(N)=N/O. The van der Waals surface area contributed by atoms with Gasteiger partial charge in [-0.05, 0) is 47.3 Å². The highest BCUT2D eigenvalue weighted by molar-refractivity contribution is 9.10. The lowest BCUT2D eigenvalue weighted by molar-refractivity contribution is 0.286. The van der Waals surface area contributed by atoms with Gasteiger partial charge in [-0.1, -0.05) is 19.0 Å². The molecule has 0 saturated carbocycles. The van der Waals surface area contributed by atoms with Gasteiger partial charge in [-0.3, -0.25) is 0 Å². The smallest absolute Gasteiger partial charge is 0.144 e. The monoisotopic (exact) mass is 346 g/mol. The molecule has 0 aliphatic heterocycles. The highest BCUT2D eigenvalue weighted by Crippen LogP contribution is 2.26. The Bertz CT molecular complexity index is 478. The molecular formula is C14H20BrFN2O2. The van der Waals surface area contributed by atoms with Crippen molar-refractivity contribution in [2.75, 3.05) is 6.61 Å². The van der Waals surface area contributed by atoms with Crippen LogP contribution < -0.4 is 10.5 Å². The Hall–Kier alpha value is -1.30. The van der Waals surface area contributed by atoms with E-state index in [2.05, 4.69) is 21.1 Å². The Labute approximate surface area is 126 Å². The van der Waals surface area contributed by atoms with E-state index in [0.29, 0.717) is 12.4 Å². The molecule has 0 heterocycles. The summed E-state index contributed by atoms with van der Waals surface area (Å²) in [6.07, 6.45) is 2.47. The van der Waals surface area contributed by atoms with Gasteiger partial charge < -0.3 is 15.7 Å². The van der Waals surface area contributed by atoms with Crippen molar-refractivity contribution in [3.63, 3.8) is 0 Å². The molecule has 1 aromatic carbocycles. The predicted octanol–water partition coefficient (Wildman–Crippen LogP) is 3.91. The van der Waals surface area contributed by atoms with Gasteiger partial charge in [-0.15, -0.1) is 0 Å². The fraction of sp³-hybridized carbons (Fsp3) is 0.500. The number of amidine groups is 1. The van der Waals surface area contributed by atoms with Crippen LogP contribution in [0.15, 0.2) is 27.8 Å². The molecule has 1 rings (SSSR count). The van der Waals surface area contributed by atoms with Gasteiger partial charge in [0.15, 0.2) is 0 Å². The number of nitrogens with two attached hydrogens (primary N) is 1. The highest BCUT2D eigenvalue weighted by Gasteiger charge is 2.22. The summed E-state index contributed by atoms with van der Waals surface area (Å²) in [6.45, 7) is 4.34. The van der Waals surface area contributed by atoms with Crippen LogP contribution >= 0.6 is 15.9 Å². The van der Waals surface area contributed by atoms with Crippen LogP contribution in [0.1, 0.15) is 33.1 Å². The van der Waals surface area contributed by atoms with Crippen LogP contribution in [-0.2, 0) is 0 Å². The Morgan fingerprint density at radius 3 is 2.80 bits per heavy atom. The summed E-state index contributed by atoms with van der Waals surface area (Å²) >= 11 is 3.31. The number of halogens is 2. The second kappa shape index (κ2) is 7.47. The van der Waals surface area contributed by atoms with E-state index in [1.165, 1.54) is 12.1 Å². The van der Waals surface area contributed by atoms with Crippen molar-refractivity contribution in [1.29, 1.82) is 0 Å². The molecule has 0 spiro atoms. The van der Waals surface area contributed by atoms with Crippen LogP contribution in [0, 0.1) is 11.2 Å². The van der Waals surface area contributed by atoms with Gasteiger partial charge in [-0.25, -0.2) is 4.39 Å². The van der Waals surface area contributed by atoms with Crippen molar-refractivity contribution in [1.82, 2.24) is 0 Å². The molecule has 0 aliphatic carbocycles. The Morgan fingerprint density at radius 1 is 1.45 bits per heavy atom. The molecular weight excluding hydrogens is 327 g/mol. The molecule has 1 aromatic rings. The van der Waals surface area contributed by atoms with Crippen LogP contribution in [0.4, 0.5) is 4.39 Å². The number of unbranched alkanes of at least 4 members (excludes halogenated alkanes) is 1. The number of hydrogen-bond acceptors (Lipinski definition) is 3. The average Bonchev–Trinajstić information content (AvgIpc) is 2.41. The Morgan fingerprint density at radius 2 is 2.15 bits per heavy atom. The van der Waals surface area contributed by atoms with Crippen LogP contribution in [0.2, 0.25) is 0 Å². The van der Waals surface area contributed by atoms with Gasteiger partial charge in [0.05, 0.1) is 11.1 Å². The van der Waals surface area contributed by atoms with Crippen LogP contribution in [-0.4, -0.2) is 17.6 Å². The van der Waals surface area contributed by atoms with Crippen molar-refractivity contribution >= 4 is 21.8 Å². The molecule has 0 bridgehead atoms. The normalized spacial score (nSPS) is 12.5. The number of rotatable bonds is 7. The minimum Gasteiger partial charge on any atom is -0.492 e. The first-order valence-electron chi connectivity index (χ1n) is 6.42. The molecule has 0 saturated heterocycles. The van der Waals surface area contributed by atoms with Crippen LogP contribution in [0.25, 0.3) is 0 Å². The van der Waals surface area contributed by atoms with Gasteiger partial charge in [0, 0.05) is 11.5 Å². The largest absolute Gasteiger partial charge is 0.492 e. The first-order valence-corrected chi connectivity index (χ1v) is 7.22. The van der Waals surface area contributed by atoms with E-state index in [-0.39, 0.29) is 17.1 Å². The van der Waals surface area contributed by atoms with E-state index in [1.54, 1.807) is 6.07 Å². The van der Waals surface area contributed by atoms with Crippen molar-refractivity contribution < 1.29 is 14.3 Å². The standard InChI is InChI=1S/C14H20BrFN2O2/c1-14(2,13(17)18-19)7-3-4-8-20-12-9-10(16)5-6-11(12)15/h5-6,9,19H,3-4,7-8H2,1-2H3,(H2,17,18). The van der Waals surface area contributed by atoms with Crippen molar-refractivity contribution in [2.24, 2.45) is 16.3 Å². The molecule has 20 heavy (non-hydrogen) atoms. The fourth-order valence-corrected chi connectivity index (χ4v) is 2.06. The summed E-state index contributed by atoms with van der Waals surface area (Å²) in [6, 6.07) is 4.34. The molecule has 4 nitrogen and oxygen atoms in total. The van der Waals surface area contributed by atoms with Crippen molar-refractivity contribution in [3.05, 3.63) is 28.5 Å². The Balaban J connectivity index is 2.34. The third kappa shape index (κ3) is 5.00. The molecule has 6 heteroatoms. The topological polar surface area (TPSA) is 67.8 Å². The summed E-state index contributed by atoms with van der Waals surface area (Å²) in [4.78, 5) is 0. The maximum atomic E-state index is 13.1. The zero-order valence-corrected chi connectivity index (χ0v) is 13.3. The van der Waals surface area contributed by atoms with E-state index < -0.39 is 0 Å². The maximum Gasteiger partial charge on any atom is 0.144 e. The quantitative estimate of drug-likeness (QED) is 0.258. The van der Waals surface area contributed by atoms with E-state index in [0.717, 1.165) is 23.7 Å². The van der Waals surface area contributed by atoms with Gasteiger partial charge in [0.25, 0.3) is 0 Å². The summed E-state index contributed by atoms with van der Waals surface area (Å²) in [5.41, 5.74) is 5.27. The minimum absolute atomic E-state index is 0.228. The number of ether oxygens (including phenoxy) is 1. The molecule has 112 valence electrons. The third-order valence-electron chi connectivity index (χ3n) is 3.15. The second-order valence-corrected chi connectivity index (χ2v) is 6.10. The lowest BCUT2D eigenvalue weighted by Crippen LogP contribution is -2.31. The predicted molar refractivity (Wildman–Crippen MR) is 80.6 cm³/mol. The lowest BCUT2D eigenvalue weighted by Gasteiger charge is -2.22. The van der Waals surface area contributed by atoms with Crippen molar-refractivity contribution in [2.45, 2.75) is 33.1 Å². The summed E-state index contributed by atoms with van der Waals surface area (Å²) in [7, 11) is 0. The van der Waals surface area contributed by atoms with Crippen LogP contribution in [0.3, 0.4) is 0 Å². The molecule has 0 fully saturated rings. The molecule has 0 unspecified atom stereocenters. The number of hydrogen-bond donors (Lipinski definition) is 2. The van der Waals surface area contributed by atoms with Gasteiger partial charge in [0.2, 0.25) is 0 Å². The molecule has 0 amide bonds. The van der Waals surface area contributed by atoms with E-state index >= 15 is 0 Å². The van der Waals surface area contributed by atoms with E-state index in [1.807, 2.05) is 13.8 Å². The molecule has 0 radical (unpaired) electrons. The van der Waals surface area contributed by atoms with Gasteiger partial charge >= 0.3 is 0 Å². The minimum atomic E-state index is -0.339. The lowest BCUT2D eigenvalue weighted by atomic mass is 9.86. The zero-order chi connectivity index (χ0) is 15.2. The zero-order valence-electron chi connectivity index (χ0n) is 11.7. The third-order valence-corrected chi connectivity index (χ3v) is 3.80. The highest BCUT2D eigenvalue weighted by atomic mass is 79.9. The van der Waals surface area contributed by atoms with E-state index in [9.17, 15) is 4.39 Å². The van der Waals surface area contributed by atoms with Gasteiger partial charge in [0.1, 0.15) is 17.4 Å². The Kier molecular flexibility index (Phi) is 6.26. The summed E-state index contributed by atoms with van der Waals surface area (Å²) < 4.78 is 19.3. The first-order chi connectivity index (χ1) is 9.36. The molecule has 0 aromatic heterocycles. The van der Waals surface area contributed by atoms with E-state index in [4.69, 9.17) is 15.7 Å². The second-order valence-electron chi connectivity index (χ2n) is 5.25. The number of nitrogens with zero attached hydrogens (tertiary/aromatic N) is 1. The van der Waals surface area contributed by atoms with Crippen LogP contribution in [0.5, 0.6) is 5.75 Å². The van der Waals surface area contributed by atoms with Gasteiger partial charge in [-0.2, -0.15) is 0 Å². The van der Waals surface area contributed by atoms with Crippen molar-refractivity contribution in [3.8, 4) is 5.75 Å². The molecule has 0 atom stereocenters. The summed E-state index contributed by atoms with van der Waals surface area (Å²) in [5.74, 6) is 0.406. The number of oxime groups is 1. The fourth-order valence-electron chi connectivity index (χ4n) is 1.70. The molecule has 0 aliphatic rings. The molecule has 3 N–H and O–H groups in total. The summed E-state index contributed by atoms with van der Waals surface area (Å²) in [5, 5.41) is 11.7. The average molecular weight is 347 g/mol.